The number of likely N-dealkylation sites (tertiary alicyclic amines) is 1. The van der Waals surface area contributed by atoms with E-state index in [2.05, 4.69) is 0 Å². The average Bonchev–Trinajstić information content (AvgIpc) is 2.96. The molecule has 0 spiro atoms. The Morgan fingerprint density at radius 2 is 1.83 bits per heavy atom. The fourth-order valence-electron chi connectivity index (χ4n) is 3.41. The lowest BCUT2D eigenvalue weighted by Gasteiger charge is -2.26. The summed E-state index contributed by atoms with van der Waals surface area (Å²) in [5, 5.41) is 10.9. The molecule has 1 aliphatic heterocycles. The first kappa shape index (κ1) is 21.4. The molecule has 0 aliphatic carbocycles. The number of ketones is 1. The van der Waals surface area contributed by atoms with E-state index in [0.29, 0.717) is 6.54 Å². The van der Waals surface area contributed by atoms with Crippen molar-refractivity contribution in [3.63, 3.8) is 0 Å². The molecule has 1 atom stereocenters. The van der Waals surface area contributed by atoms with Gasteiger partial charge in [-0.05, 0) is 38.4 Å². The number of hydrogen-bond donors (Lipinski definition) is 1. The van der Waals surface area contributed by atoms with E-state index in [9.17, 15) is 23.5 Å². The number of carbonyl (C=O) groups is 2. The van der Waals surface area contributed by atoms with Gasteiger partial charge in [-0.25, -0.2) is 8.78 Å². The highest BCUT2D eigenvalue weighted by Gasteiger charge is 2.46. The number of Topliss-reactive ketones (excluding diaryl/α,β-unsaturated/α-hetero) is 1. The Morgan fingerprint density at radius 1 is 1.13 bits per heavy atom. The molecule has 0 saturated carbocycles. The zero-order valence-corrected chi connectivity index (χ0v) is 16.9. The number of likely N-dealkylation sites (N-methyl/N-ethyl adjacent to an activating group) is 1. The summed E-state index contributed by atoms with van der Waals surface area (Å²) < 4.78 is 33.6. The third kappa shape index (κ3) is 3.91. The fourth-order valence-corrected chi connectivity index (χ4v) is 3.41. The van der Waals surface area contributed by atoms with Crippen LogP contribution in [0.25, 0.3) is 5.76 Å². The van der Waals surface area contributed by atoms with Crippen molar-refractivity contribution in [2.24, 2.45) is 0 Å². The van der Waals surface area contributed by atoms with E-state index in [1.54, 1.807) is 20.2 Å². The first-order valence-corrected chi connectivity index (χ1v) is 9.27. The lowest BCUT2D eigenvalue weighted by atomic mass is 9.95. The molecule has 2 aromatic rings. The first-order valence-electron chi connectivity index (χ1n) is 9.27. The van der Waals surface area contributed by atoms with Crippen LogP contribution in [0.15, 0.2) is 48.0 Å². The standard InChI is InChI=1S/C22H22F2N2O4/c1-25(2)10-11-26-19(14-6-4-5-7-15(14)23)18(21(28)22(26)29)20(27)13-8-9-17(30-3)16(24)12-13/h4-9,12,19,27H,10-11H2,1-3H3/b20-18+. The van der Waals surface area contributed by atoms with Gasteiger partial charge in [0, 0.05) is 24.2 Å². The van der Waals surface area contributed by atoms with Crippen molar-refractivity contribution in [1.82, 2.24) is 9.80 Å². The van der Waals surface area contributed by atoms with Gasteiger partial charge in [-0.2, -0.15) is 0 Å². The van der Waals surface area contributed by atoms with Crippen LogP contribution in [0.2, 0.25) is 0 Å². The monoisotopic (exact) mass is 416 g/mol. The van der Waals surface area contributed by atoms with Crippen LogP contribution in [0, 0.1) is 11.6 Å². The van der Waals surface area contributed by atoms with Gasteiger partial charge in [-0.3, -0.25) is 9.59 Å². The summed E-state index contributed by atoms with van der Waals surface area (Å²) in [7, 11) is 4.90. The van der Waals surface area contributed by atoms with Crippen LogP contribution < -0.4 is 4.74 Å². The van der Waals surface area contributed by atoms with Gasteiger partial charge in [-0.1, -0.05) is 18.2 Å². The molecule has 1 saturated heterocycles. The molecule has 0 bridgehead atoms. The lowest BCUT2D eigenvalue weighted by molar-refractivity contribution is -0.140. The Labute approximate surface area is 173 Å². The molecule has 8 heteroatoms. The normalized spacial score (nSPS) is 18.3. The molecule has 1 heterocycles. The highest BCUT2D eigenvalue weighted by molar-refractivity contribution is 6.46. The number of ether oxygens (including phenoxy) is 1. The zero-order valence-electron chi connectivity index (χ0n) is 16.9. The second-order valence-electron chi connectivity index (χ2n) is 7.17. The van der Waals surface area contributed by atoms with E-state index < -0.39 is 35.1 Å². The second-order valence-corrected chi connectivity index (χ2v) is 7.17. The number of carbonyl (C=O) groups excluding carboxylic acids is 2. The maximum Gasteiger partial charge on any atom is 0.295 e. The number of amides is 1. The van der Waals surface area contributed by atoms with Crippen molar-refractivity contribution >= 4 is 17.4 Å². The summed E-state index contributed by atoms with van der Waals surface area (Å²) in [5.41, 5.74) is -0.223. The molecule has 0 aromatic heterocycles. The van der Waals surface area contributed by atoms with E-state index in [4.69, 9.17) is 4.74 Å². The molecule has 158 valence electrons. The van der Waals surface area contributed by atoms with Crippen molar-refractivity contribution in [2.45, 2.75) is 6.04 Å². The van der Waals surface area contributed by atoms with Crippen LogP contribution in [0.5, 0.6) is 5.75 Å². The SMILES string of the molecule is COc1ccc(/C(O)=C2\C(=O)C(=O)N(CCN(C)C)C2c2ccccc2F)cc1F. The average molecular weight is 416 g/mol. The Bertz CT molecular complexity index is 1020. The number of aliphatic hydroxyl groups excluding tert-OH is 1. The zero-order chi connectivity index (χ0) is 22.0. The molecular weight excluding hydrogens is 394 g/mol. The highest BCUT2D eigenvalue weighted by atomic mass is 19.1. The third-order valence-corrected chi connectivity index (χ3v) is 4.95. The molecule has 3 rings (SSSR count). The summed E-state index contributed by atoms with van der Waals surface area (Å²) in [6, 6.07) is 8.27. The summed E-state index contributed by atoms with van der Waals surface area (Å²) in [5.74, 6) is -3.77. The minimum atomic E-state index is -1.13. The Hall–Kier alpha value is -3.26. The quantitative estimate of drug-likeness (QED) is 0.446. The van der Waals surface area contributed by atoms with Crippen LogP contribution in [0.3, 0.4) is 0 Å². The van der Waals surface area contributed by atoms with Gasteiger partial charge in [0.1, 0.15) is 11.6 Å². The summed E-state index contributed by atoms with van der Waals surface area (Å²) in [6.45, 7) is 0.569. The van der Waals surface area contributed by atoms with Crippen molar-refractivity contribution < 1.29 is 28.2 Å². The molecule has 1 N–H and O–H groups in total. The van der Waals surface area contributed by atoms with E-state index in [0.717, 1.165) is 6.07 Å². The molecule has 1 amide bonds. The molecule has 6 nitrogen and oxygen atoms in total. The number of methoxy groups -OCH3 is 1. The van der Waals surface area contributed by atoms with Gasteiger partial charge >= 0.3 is 0 Å². The molecule has 1 unspecified atom stereocenters. The van der Waals surface area contributed by atoms with Crippen LogP contribution in [0.1, 0.15) is 17.2 Å². The predicted octanol–water partition coefficient (Wildman–Crippen LogP) is 2.96. The number of halogens is 2. The van der Waals surface area contributed by atoms with Crippen LogP contribution in [-0.4, -0.2) is 60.9 Å². The largest absolute Gasteiger partial charge is 0.507 e. The van der Waals surface area contributed by atoms with Gasteiger partial charge < -0.3 is 19.6 Å². The maximum atomic E-state index is 14.6. The van der Waals surface area contributed by atoms with E-state index in [-0.39, 0.29) is 29.0 Å². The minimum Gasteiger partial charge on any atom is -0.507 e. The highest BCUT2D eigenvalue weighted by Crippen LogP contribution is 2.40. The summed E-state index contributed by atoms with van der Waals surface area (Å²) >= 11 is 0. The van der Waals surface area contributed by atoms with Crippen molar-refractivity contribution in [2.75, 3.05) is 34.3 Å². The summed E-state index contributed by atoms with van der Waals surface area (Å²) in [4.78, 5) is 28.6. The third-order valence-electron chi connectivity index (χ3n) is 4.95. The maximum absolute atomic E-state index is 14.6. The van der Waals surface area contributed by atoms with Gasteiger partial charge in [-0.15, -0.1) is 0 Å². The molecule has 2 aromatic carbocycles. The Kier molecular flexibility index (Phi) is 6.17. The van der Waals surface area contributed by atoms with Gasteiger partial charge in [0.15, 0.2) is 11.6 Å². The first-order chi connectivity index (χ1) is 14.3. The number of benzene rings is 2. The van der Waals surface area contributed by atoms with Gasteiger partial charge in [0.05, 0.1) is 18.7 Å². The van der Waals surface area contributed by atoms with Gasteiger partial charge in [0.2, 0.25) is 0 Å². The van der Waals surface area contributed by atoms with E-state index in [1.807, 2.05) is 4.90 Å². The van der Waals surface area contributed by atoms with Crippen molar-refractivity contribution in [3.8, 4) is 5.75 Å². The Morgan fingerprint density at radius 3 is 2.43 bits per heavy atom. The predicted molar refractivity (Wildman–Crippen MR) is 107 cm³/mol. The van der Waals surface area contributed by atoms with E-state index >= 15 is 0 Å². The number of hydrogen-bond acceptors (Lipinski definition) is 5. The molecule has 0 radical (unpaired) electrons. The van der Waals surface area contributed by atoms with Gasteiger partial charge in [0.25, 0.3) is 11.7 Å². The molecule has 30 heavy (non-hydrogen) atoms. The number of nitrogens with zero attached hydrogens (tertiary/aromatic N) is 2. The Balaban J connectivity index is 2.18. The molecule has 1 fully saturated rings. The van der Waals surface area contributed by atoms with Crippen LogP contribution in [-0.2, 0) is 9.59 Å². The van der Waals surface area contributed by atoms with Crippen LogP contribution >= 0.6 is 0 Å². The summed E-state index contributed by atoms with van der Waals surface area (Å²) in [6.07, 6.45) is 0. The number of rotatable bonds is 6. The second kappa shape index (κ2) is 8.62. The number of aliphatic hydroxyl groups is 1. The van der Waals surface area contributed by atoms with Crippen molar-refractivity contribution in [1.29, 1.82) is 0 Å². The van der Waals surface area contributed by atoms with Crippen molar-refractivity contribution in [3.05, 3.63) is 70.8 Å². The smallest absolute Gasteiger partial charge is 0.295 e. The van der Waals surface area contributed by atoms with E-state index in [1.165, 1.54) is 42.3 Å². The fraction of sp³-hybridized carbons (Fsp3) is 0.273. The van der Waals surface area contributed by atoms with Crippen LogP contribution in [0.4, 0.5) is 8.78 Å². The minimum absolute atomic E-state index is 0.0137. The lowest BCUT2D eigenvalue weighted by Crippen LogP contribution is -2.35. The topological polar surface area (TPSA) is 70.1 Å². The molecule has 1 aliphatic rings. The molecular formula is C22H22F2N2O4.